The predicted molar refractivity (Wildman–Crippen MR) is 82.6 cm³/mol. The van der Waals surface area contributed by atoms with E-state index in [0.717, 1.165) is 31.0 Å². The molecule has 0 radical (unpaired) electrons. The molecule has 1 rings (SSSR count). The number of ether oxygens (including phenoxy) is 1. The minimum atomic E-state index is 0.518. The molecule has 0 aliphatic rings. The van der Waals surface area contributed by atoms with Crippen LogP contribution in [0.5, 0.6) is 5.75 Å². The van der Waals surface area contributed by atoms with Gasteiger partial charge in [0.05, 0.1) is 6.61 Å². The third-order valence-electron chi connectivity index (χ3n) is 3.13. The summed E-state index contributed by atoms with van der Waals surface area (Å²) < 4.78 is 5.69. The monoisotopic (exact) mass is 277 g/mol. The standard InChI is InChI=1S/C16H23NOS/c1-5-6-18-15-8-13(3)16(14(4)9-15)7-12(2)10-19-11-17/h8-9,12H,5-7,10H2,1-4H3. The lowest BCUT2D eigenvalue weighted by Gasteiger charge is -2.16. The summed E-state index contributed by atoms with van der Waals surface area (Å²) in [5.74, 6) is 2.38. The summed E-state index contributed by atoms with van der Waals surface area (Å²) in [4.78, 5) is 0. The van der Waals surface area contributed by atoms with Crippen LogP contribution in [0.1, 0.15) is 37.0 Å². The van der Waals surface area contributed by atoms with Gasteiger partial charge in [0, 0.05) is 5.75 Å². The largest absolute Gasteiger partial charge is 0.494 e. The molecule has 0 aromatic heterocycles. The first-order valence-corrected chi connectivity index (χ1v) is 7.80. The average molecular weight is 277 g/mol. The molecule has 0 spiro atoms. The molecule has 0 bridgehead atoms. The summed E-state index contributed by atoms with van der Waals surface area (Å²) in [6.45, 7) is 9.37. The fourth-order valence-corrected chi connectivity index (χ4v) is 2.64. The van der Waals surface area contributed by atoms with Crippen molar-refractivity contribution >= 4 is 11.8 Å². The summed E-state index contributed by atoms with van der Waals surface area (Å²) in [6.07, 6.45) is 2.06. The lowest BCUT2D eigenvalue weighted by molar-refractivity contribution is 0.317. The van der Waals surface area contributed by atoms with Crippen molar-refractivity contribution in [3.63, 3.8) is 0 Å². The maximum Gasteiger partial charge on any atom is 0.133 e. The Bertz CT molecular complexity index is 428. The van der Waals surface area contributed by atoms with Gasteiger partial charge in [-0.3, -0.25) is 0 Å². The third kappa shape index (κ3) is 5.16. The molecule has 2 nitrogen and oxygen atoms in total. The highest BCUT2D eigenvalue weighted by atomic mass is 32.2. The van der Waals surface area contributed by atoms with Crippen molar-refractivity contribution in [1.29, 1.82) is 5.26 Å². The first kappa shape index (κ1) is 15.9. The number of aryl methyl sites for hydroxylation is 2. The molecule has 0 amide bonds. The third-order valence-corrected chi connectivity index (χ3v) is 3.99. The van der Waals surface area contributed by atoms with Crippen LogP contribution < -0.4 is 4.74 Å². The van der Waals surface area contributed by atoms with Crippen LogP contribution in [0.3, 0.4) is 0 Å². The summed E-state index contributed by atoms with van der Waals surface area (Å²) in [5.41, 5.74) is 3.98. The minimum absolute atomic E-state index is 0.518. The Balaban J connectivity index is 2.76. The molecule has 0 heterocycles. The van der Waals surface area contributed by atoms with Crippen LogP contribution in [0.15, 0.2) is 12.1 Å². The van der Waals surface area contributed by atoms with Crippen LogP contribution in [0.2, 0.25) is 0 Å². The molecule has 104 valence electrons. The van der Waals surface area contributed by atoms with Gasteiger partial charge < -0.3 is 4.74 Å². The quantitative estimate of drug-likeness (QED) is 0.689. The van der Waals surface area contributed by atoms with Gasteiger partial charge in [0.15, 0.2) is 0 Å². The second kappa shape index (κ2) is 8.12. The number of hydrogen-bond donors (Lipinski definition) is 0. The molecule has 0 saturated carbocycles. The van der Waals surface area contributed by atoms with Crippen LogP contribution in [0.4, 0.5) is 0 Å². The van der Waals surface area contributed by atoms with Crippen molar-refractivity contribution in [1.82, 2.24) is 0 Å². The summed E-state index contributed by atoms with van der Waals surface area (Å²) in [6, 6.07) is 4.25. The number of hydrogen-bond acceptors (Lipinski definition) is 3. The van der Waals surface area contributed by atoms with Gasteiger partial charge in [-0.25, -0.2) is 0 Å². The highest BCUT2D eigenvalue weighted by Gasteiger charge is 2.10. The zero-order valence-corrected chi connectivity index (χ0v) is 13.1. The Morgan fingerprint density at radius 1 is 1.32 bits per heavy atom. The first-order valence-electron chi connectivity index (χ1n) is 6.82. The van der Waals surface area contributed by atoms with Crippen LogP contribution in [-0.2, 0) is 6.42 Å². The Hall–Kier alpha value is -1.14. The average Bonchev–Trinajstić information content (AvgIpc) is 2.38. The first-order chi connectivity index (χ1) is 9.08. The van der Waals surface area contributed by atoms with Crippen LogP contribution in [-0.4, -0.2) is 12.4 Å². The van der Waals surface area contributed by atoms with E-state index in [0.29, 0.717) is 5.92 Å². The maximum absolute atomic E-state index is 8.61. The molecule has 1 atom stereocenters. The second-order valence-electron chi connectivity index (χ2n) is 5.10. The van der Waals surface area contributed by atoms with E-state index in [1.807, 2.05) is 0 Å². The summed E-state index contributed by atoms with van der Waals surface area (Å²) in [5, 5.41) is 10.7. The van der Waals surface area contributed by atoms with Crippen molar-refractivity contribution < 1.29 is 4.74 Å². The SMILES string of the molecule is CCCOc1cc(C)c(CC(C)CSC#N)c(C)c1. The maximum atomic E-state index is 8.61. The summed E-state index contributed by atoms with van der Waals surface area (Å²) >= 11 is 1.34. The molecule has 1 aromatic carbocycles. The van der Waals surface area contributed by atoms with E-state index in [-0.39, 0.29) is 0 Å². The van der Waals surface area contributed by atoms with Crippen molar-refractivity contribution in [2.45, 2.75) is 40.5 Å². The fraction of sp³-hybridized carbons (Fsp3) is 0.562. The number of nitriles is 1. The highest BCUT2D eigenvalue weighted by Crippen LogP contribution is 2.25. The van der Waals surface area contributed by atoms with Crippen LogP contribution in [0, 0.1) is 30.4 Å². The van der Waals surface area contributed by atoms with Crippen molar-refractivity contribution in [2.24, 2.45) is 5.92 Å². The van der Waals surface area contributed by atoms with Gasteiger partial charge in [-0.2, -0.15) is 5.26 Å². The number of thiocyanates is 1. The topological polar surface area (TPSA) is 33.0 Å². The number of rotatable bonds is 7. The van der Waals surface area contributed by atoms with Gasteiger partial charge in [0.2, 0.25) is 0 Å². The van der Waals surface area contributed by atoms with E-state index in [2.05, 4.69) is 45.2 Å². The molecule has 1 unspecified atom stereocenters. The number of benzene rings is 1. The summed E-state index contributed by atoms with van der Waals surface area (Å²) in [7, 11) is 0. The molecular formula is C16H23NOS. The van der Waals surface area contributed by atoms with E-state index in [1.165, 1.54) is 28.5 Å². The molecule has 19 heavy (non-hydrogen) atoms. The number of nitrogens with zero attached hydrogens (tertiary/aromatic N) is 1. The van der Waals surface area contributed by atoms with Gasteiger partial charge in [-0.05, 0) is 73.2 Å². The molecule has 3 heteroatoms. The molecule has 0 aliphatic carbocycles. The van der Waals surface area contributed by atoms with Gasteiger partial charge in [0.25, 0.3) is 0 Å². The van der Waals surface area contributed by atoms with Gasteiger partial charge in [0.1, 0.15) is 11.2 Å². The van der Waals surface area contributed by atoms with Gasteiger partial charge in [-0.1, -0.05) is 13.8 Å². The van der Waals surface area contributed by atoms with Gasteiger partial charge >= 0.3 is 0 Å². The Kier molecular flexibility index (Phi) is 6.80. The van der Waals surface area contributed by atoms with Gasteiger partial charge in [-0.15, -0.1) is 0 Å². The highest BCUT2D eigenvalue weighted by molar-refractivity contribution is 8.03. The minimum Gasteiger partial charge on any atom is -0.494 e. The second-order valence-corrected chi connectivity index (χ2v) is 5.90. The molecular weight excluding hydrogens is 254 g/mol. The smallest absolute Gasteiger partial charge is 0.133 e. The van der Waals surface area contributed by atoms with Crippen molar-refractivity contribution in [3.05, 3.63) is 28.8 Å². The Morgan fingerprint density at radius 2 is 1.95 bits per heavy atom. The van der Waals surface area contributed by atoms with E-state index < -0.39 is 0 Å². The lowest BCUT2D eigenvalue weighted by Crippen LogP contribution is -2.06. The number of thioether (sulfide) groups is 1. The molecule has 0 aliphatic heterocycles. The van der Waals surface area contributed by atoms with Crippen molar-refractivity contribution in [2.75, 3.05) is 12.4 Å². The van der Waals surface area contributed by atoms with Crippen LogP contribution in [0.25, 0.3) is 0 Å². The lowest BCUT2D eigenvalue weighted by atomic mass is 9.94. The Morgan fingerprint density at radius 3 is 2.47 bits per heavy atom. The van der Waals surface area contributed by atoms with E-state index in [1.54, 1.807) is 0 Å². The van der Waals surface area contributed by atoms with Crippen molar-refractivity contribution in [3.8, 4) is 11.2 Å². The van der Waals surface area contributed by atoms with E-state index in [9.17, 15) is 0 Å². The van der Waals surface area contributed by atoms with E-state index >= 15 is 0 Å². The zero-order chi connectivity index (χ0) is 14.3. The molecule has 0 saturated heterocycles. The fourth-order valence-electron chi connectivity index (χ4n) is 2.17. The molecule has 0 N–H and O–H groups in total. The normalized spacial score (nSPS) is 11.9. The predicted octanol–water partition coefficient (Wildman–Crippen LogP) is 4.49. The Labute approximate surface area is 121 Å². The molecule has 0 fully saturated rings. The zero-order valence-electron chi connectivity index (χ0n) is 12.3. The van der Waals surface area contributed by atoms with E-state index in [4.69, 9.17) is 10.00 Å². The van der Waals surface area contributed by atoms with Crippen LogP contribution >= 0.6 is 11.8 Å². The molecule has 1 aromatic rings.